The molecule has 4 aromatic rings. The molecule has 2 aromatic heterocycles. The van der Waals surface area contributed by atoms with Crippen LogP contribution < -0.4 is 9.64 Å². The molecule has 3 atom stereocenters. The number of ether oxygens (including phenoxy) is 1. The molecule has 0 radical (unpaired) electrons. The second kappa shape index (κ2) is 12.6. The van der Waals surface area contributed by atoms with Gasteiger partial charge in [0.2, 0.25) is 5.91 Å². The van der Waals surface area contributed by atoms with E-state index in [2.05, 4.69) is 9.97 Å². The van der Waals surface area contributed by atoms with Crippen molar-refractivity contribution in [3.63, 3.8) is 0 Å². The van der Waals surface area contributed by atoms with Gasteiger partial charge in [-0.2, -0.15) is 33.7 Å². The van der Waals surface area contributed by atoms with Crippen molar-refractivity contribution in [2.24, 2.45) is 0 Å². The number of likely N-dealkylation sites (tertiary alicyclic amines) is 1. The van der Waals surface area contributed by atoms with E-state index in [4.69, 9.17) is 10.00 Å². The highest BCUT2D eigenvalue weighted by Crippen LogP contribution is 2.47. The molecule has 1 amide bonds. The molecular weight excluding hydrogens is 684 g/mol. The monoisotopic (exact) mass is 713 g/mol. The van der Waals surface area contributed by atoms with Crippen LogP contribution in [-0.2, 0) is 11.0 Å². The Morgan fingerprint density at radius 2 is 2.00 bits per heavy atom. The third-order valence-electron chi connectivity index (χ3n) is 10.1. The standard InChI is InChI=1S/C34H29F6N7O2S/c1-45(20-6-10-46(15-20)25(48)5-8-41)31-22-11-23(34(38,39)40)27(21-3-4-24(36)30-26(21)18(13-42)16-50-30)28(37)29(22)43-32(44-31)49-17-33-7-2-9-47(33)14-19(35)12-33/h3-4,11,16,19-20H,2,5-7,9-10,12,14-15,17H2,1H3. The number of nitriles is 2. The predicted octanol–water partition coefficient (Wildman–Crippen LogP) is 6.59. The number of carbonyl (C=O) groups is 1. The fourth-order valence-corrected chi connectivity index (χ4v) is 8.63. The summed E-state index contributed by atoms with van der Waals surface area (Å²) >= 11 is 0.821. The van der Waals surface area contributed by atoms with Crippen LogP contribution in [0.4, 0.5) is 32.2 Å². The lowest BCUT2D eigenvalue weighted by Gasteiger charge is -2.31. The topological polar surface area (TPSA) is 109 Å². The van der Waals surface area contributed by atoms with Crippen LogP contribution in [0.3, 0.4) is 0 Å². The number of likely N-dealkylation sites (N-methyl/N-ethyl adjacent to an activating group) is 1. The van der Waals surface area contributed by atoms with Gasteiger partial charge in [-0.05, 0) is 43.5 Å². The first-order valence-electron chi connectivity index (χ1n) is 16.0. The van der Waals surface area contributed by atoms with Crippen LogP contribution in [0.15, 0.2) is 23.6 Å². The van der Waals surface area contributed by atoms with E-state index in [-0.39, 0.29) is 71.0 Å². The SMILES string of the molecule is CN(c1nc(OCC23CCCN2CC(F)C3)nc2c(F)c(-c3ccc(F)c4scc(C#N)c34)c(C(F)(F)F)cc12)C1CCN(C(=O)CC#N)C1. The molecule has 3 unspecified atom stereocenters. The van der Waals surface area contributed by atoms with Crippen LogP contribution in [0.5, 0.6) is 6.01 Å². The molecule has 0 aliphatic carbocycles. The molecule has 0 spiro atoms. The van der Waals surface area contributed by atoms with Crippen molar-refractivity contribution in [1.82, 2.24) is 19.8 Å². The lowest BCUT2D eigenvalue weighted by atomic mass is 9.92. The molecule has 7 rings (SSSR count). The lowest BCUT2D eigenvalue weighted by molar-refractivity contribution is -0.137. The highest BCUT2D eigenvalue weighted by molar-refractivity contribution is 7.17. The van der Waals surface area contributed by atoms with Crippen LogP contribution >= 0.6 is 11.3 Å². The molecule has 50 heavy (non-hydrogen) atoms. The molecule has 16 heteroatoms. The average Bonchev–Trinajstić information content (AvgIpc) is 3.87. The van der Waals surface area contributed by atoms with Gasteiger partial charge in [0.1, 0.15) is 42.4 Å². The lowest BCUT2D eigenvalue weighted by Crippen LogP contribution is -2.43. The van der Waals surface area contributed by atoms with E-state index >= 15 is 4.39 Å². The summed E-state index contributed by atoms with van der Waals surface area (Å²) in [5.41, 5.74) is -3.86. The maximum Gasteiger partial charge on any atom is 0.417 e. The van der Waals surface area contributed by atoms with Gasteiger partial charge in [-0.1, -0.05) is 6.07 Å². The Labute approximate surface area is 286 Å². The Kier molecular flexibility index (Phi) is 8.51. The summed E-state index contributed by atoms with van der Waals surface area (Å²) in [7, 11) is 1.56. The average molecular weight is 714 g/mol. The summed E-state index contributed by atoms with van der Waals surface area (Å²) in [6, 6.07) is 5.57. The van der Waals surface area contributed by atoms with Crippen LogP contribution in [0, 0.1) is 34.3 Å². The number of anilines is 1. The molecule has 2 aromatic carbocycles. The number of fused-ring (bicyclic) bond motifs is 3. The highest BCUT2D eigenvalue weighted by atomic mass is 32.1. The van der Waals surface area contributed by atoms with E-state index in [1.165, 1.54) is 10.3 Å². The third kappa shape index (κ3) is 5.64. The zero-order chi connectivity index (χ0) is 35.5. The molecule has 0 N–H and O–H groups in total. The van der Waals surface area contributed by atoms with Crippen LogP contribution in [-0.4, -0.2) is 83.3 Å². The molecule has 260 valence electrons. The Bertz CT molecular complexity index is 2110. The predicted molar refractivity (Wildman–Crippen MR) is 172 cm³/mol. The van der Waals surface area contributed by atoms with E-state index < -0.39 is 58.1 Å². The van der Waals surface area contributed by atoms with Gasteiger partial charge in [0.15, 0.2) is 5.82 Å². The summed E-state index contributed by atoms with van der Waals surface area (Å²) in [5, 5.41) is 19.6. The molecule has 9 nitrogen and oxygen atoms in total. The maximum atomic E-state index is 17.0. The number of hydrogen-bond acceptors (Lipinski definition) is 9. The molecule has 3 aliphatic rings. The van der Waals surface area contributed by atoms with Crippen molar-refractivity contribution in [1.29, 1.82) is 10.5 Å². The number of halogens is 6. The van der Waals surface area contributed by atoms with Crippen LogP contribution in [0.25, 0.3) is 32.1 Å². The Balaban J connectivity index is 1.41. The summed E-state index contributed by atoms with van der Waals surface area (Å²) in [6.45, 7) is 1.33. The number of hydrogen-bond donors (Lipinski definition) is 0. The van der Waals surface area contributed by atoms with Gasteiger partial charge < -0.3 is 14.5 Å². The second-order valence-electron chi connectivity index (χ2n) is 13.0. The summed E-state index contributed by atoms with van der Waals surface area (Å²) in [6.07, 6.45) is -4.42. The molecule has 0 bridgehead atoms. The van der Waals surface area contributed by atoms with Crippen LogP contribution in [0.2, 0.25) is 0 Å². The Morgan fingerprint density at radius 1 is 1.20 bits per heavy atom. The van der Waals surface area contributed by atoms with Crippen molar-refractivity contribution in [3.05, 3.63) is 46.3 Å². The van der Waals surface area contributed by atoms with E-state index in [1.807, 2.05) is 17.0 Å². The number of aromatic nitrogens is 2. The number of benzene rings is 2. The fraction of sp³-hybridized carbons (Fsp3) is 0.441. The minimum Gasteiger partial charge on any atom is -0.461 e. The highest BCUT2D eigenvalue weighted by Gasteiger charge is 2.49. The van der Waals surface area contributed by atoms with Crippen molar-refractivity contribution in [2.45, 2.75) is 56.0 Å². The number of nitrogens with zero attached hydrogens (tertiary/aromatic N) is 7. The van der Waals surface area contributed by atoms with Crippen molar-refractivity contribution in [3.8, 4) is 29.3 Å². The quantitative estimate of drug-likeness (QED) is 0.198. The molecule has 0 saturated carbocycles. The minimum absolute atomic E-state index is 0.0317. The summed E-state index contributed by atoms with van der Waals surface area (Å²) < 4.78 is 97.0. The molecular formula is C34H29F6N7O2S. The minimum atomic E-state index is -5.11. The molecule has 3 saturated heterocycles. The van der Waals surface area contributed by atoms with Crippen molar-refractivity contribution < 1.29 is 35.9 Å². The van der Waals surface area contributed by atoms with Gasteiger partial charge in [-0.25, -0.2) is 13.2 Å². The molecule has 5 heterocycles. The first kappa shape index (κ1) is 33.8. The molecule has 3 aliphatic heterocycles. The summed E-state index contributed by atoms with van der Waals surface area (Å²) in [4.78, 5) is 26.2. The number of carbonyl (C=O) groups excluding carboxylic acids is 1. The molecule has 3 fully saturated rings. The van der Waals surface area contributed by atoms with Gasteiger partial charge in [0, 0.05) is 60.9 Å². The fourth-order valence-electron chi connectivity index (χ4n) is 7.70. The zero-order valence-corrected chi connectivity index (χ0v) is 27.5. The van der Waals surface area contributed by atoms with E-state index in [1.54, 1.807) is 11.9 Å². The van der Waals surface area contributed by atoms with Crippen molar-refractivity contribution in [2.75, 3.05) is 44.7 Å². The van der Waals surface area contributed by atoms with Crippen molar-refractivity contribution >= 4 is 44.1 Å². The van der Waals surface area contributed by atoms with Gasteiger partial charge in [-0.3, -0.25) is 9.69 Å². The Morgan fingerprint density at radius 3 is 2.74 bits per heavy atom. The van der Waals surface area contributed by atoms with Crippen LogP contribution in [0.1, 0.15) is 43.2 Å². The maximum absolute atomic E-state index is 17.0. The number of amides is 1. The normalized spacial score (nSPS) is 22.2. The second-order valence-corrected chi connectivity index (χ2v) is 13.9. The van der Waals surface area contributed by atoms with Gasteiger partial charge in [0.25, 0.3) is 0 Å². The first-order valence-corrected chi connectivity index (χ1v) is 16.8. The van der Waals surface area contributed by atoms with E-state index in [9.17, 15) is 32.0 Å². The van der Waals surface area contributed by atoms with Gasteiger partial charge >= 0.3 is 12.2 Å². The zero-order valence-electron chi connectivity index (χ0n) is 26.7. The number of alkyl halides is 4. The summed E-state index contributed by atoms with van der Waals surface area (Å²) in [5.74, 6) is -2.63. The van der Waals surface area contributed by atoms with Gasteiger partial charge in [-0.15, -0.1) is 11.3 Å². The van der Waals surface area contributed by atoms with E-state index in [0.717, 1.165) is 36.0 Å². The van der Waals surface area contributed by atoms with Gasteiger partial charge in [0.05, 0.1) is 27.4 Å². The smallest absolute Gasteiger partial charge is 0.417 e. The number of rotatable bonds is 7. The van der Waals surface area contributed by atoms with E-state index in [0.29, 0.717) is 25.9 Å². The Hall–Kier alpha value is -4.67. The third-order valence-corrected chi connectivity index (χ3v) is 11.1. The largest absolute Gasteiger partial charge is 0.461 e. The number of thiophene rings is 1. The first-order chi connectivity index (χ1) is 23.8.